The number of benzene rings is 1. The Morgan fingerprint density at radius 2 is 1.85 bits per heavy atom. The van der Waals surface area contributed by atoms with Crippen molar-refractivity contribution in [2.75, 3.05) is 78.0 Å². The van der Waals surface area contributed by atoms with Gasteiger partial charge in [0.2, 0.25) is 0 Å². The summed E-state index contributed by atoms with van der Waals surface area (Å²) >= 11 is 0. The lowest BCUT2D eigenvalue weighted by Crippen LogP contribution is -2.55. The number of piperazine rings is 1. The number of likely N-dealkylation sites (N-methyl/N-ethyl adjacent to an activating group) is 1. The highest BCUT2D eigenvalue weighted by Gasteiger charge is 2.29. The number of rotatable bonds is 9. The summed E-state index contributed by atoms with van der Waals surface area (Å²) in [6.07, 6.45) is 5.49. The number of fused-ring (bicyclic) bond motifs is 1. The second-order valence-corrected chi connectivity index (χ2v) is 10.6. The third-order valence-corrected chi connectivity index (χ3v) is 7.56. The van der Waals surface area contributed by atoms with Crippen LogP contribution in [0.25, 0.3) is 11.0 Å². The standard InChI is InChI=1S/C28H41N9O2/c1-4-39-24-7-5-6-22(18-24)20-37-27-25(19-32-37)26(30-21-31-27)34-14-16-36(17-15-34)28(38)35-11-8-23(9-12-35)29-10-13-33(2)3/h5-7,18-19,21,23,29H,4,8-17,20H2,1-3H3. The highest BCUT2D eigenvalue weighted by molar-refractivity contribution is 5.87. The van der Waals surface area contributed by atoms with Crippen LogP contribution in [-0.2, 0) is 6.54 Å². The molecule has 4 heterocycles. The average molecular weight is 536 g/mol. The van der Waals surface area contributed by atoms with E-state index in [4.69, 9.17) is 4.74 Å². The van der Waals surface area contributed by atoms with Gasteiger partial charge in [-0.25, -0.2) is 19.4 Å². The van der Waals surface area contributed by atoms with Crippen LogP contribution in [0.15, 0.2) is 36.8 Å². The molecule has 2 aromatic heterocycles. The van der Waals surface area contributed by atoms with Gasteiger partial charge >= 0.3 is 6.03 Å². The Labute approximate surface area is 230 Å². The van der Waals surface area contributed by atoms with Gasteiger partial charge in [0.05, 0.1) is 24.7 Å². The van der Waals surface area contributed by atoms with Crippen LogP contribution in [0.5, 0.6) is 5.75 Å². The predicted molar refractivity (Wildman–Crippen MR) is 152 cm³/mol. The largest absolute Gasteiger partial charge is 0.494 e. The van der Waals surface area contributed by atoms with Gasteiger partial charge in [-0.15, -0.1) is 0 Å². The van der Waals surface area contributed by atoms with Gasteiger partial charge in [-0.3, -0.25) is 0 Å². The Morgan fingerprint density at radius 1 is 1.08 bits per heavy atom. The van der Waals surface area contributed by atoms with Crippen LogP contribution in [0.2, 0.25) is 0 Å². The number of hydrogen-bond acceptors (Lipinski definition) is 8. The third-order valence-electron chi connectivity index (χ3n) is 7.56. The van der Waals surface area contributed by atoms with Crippen molar-refractivity contribution in [2.45, 2.75) is 32.4 Å². The summed E-state index contributed by atoms with van der Waals surface area (Å²) in [6.45, 7) is 9.72. The molecular weight excluding hydrogens is 494 g/mol. The van der Waals surface area contributed by atoms with Gasteiger partial charge in [0.15, 0.2) is 5.65 Å². The number of nitrogens with one attached hydrogen (secondary N) is 1. The molecule has 0 spiro atoms. The van der Waals surface area contributed by atoms with E-state index in [1.807, 2.05) is 45.8 Å². The summed E-state index contributed by atoms with van der Waals surface area (Å²) in [4.78, 5) is 30.8. The molecule has 2 saturated heterocycles. The van der Waals surface area contributed by atoms with Gasteiger partial charge in [0.25, 0.3) is 0 Å². The van der Waals surface area contributed by atoms with Gasteiger partial charge in [-0.1, -0.05) is 12.1 Å². The first kappa shape index (κ1) is 27.1. The minimum absolute atomic E-state index is 0.163. The zero-order valence-corrected chi connectivity index (χ0v) is 23.4. The van der Waals surface area contributed by atoms with Crippen molar-refractivity contribution in [2.24, 2.45) is 0 Å². The molecule has 39 heavy (non-hydrogen) atoms. The number of amides is 2. The number of hydrogen-bond donors (Lipinski definition) is 1. The maximum Gasteiger partial charge on any atom is 0.320 e. The minimum atomic E-state index is 0.163. The van der Waals surface area contributed by atoms with E-state index in [9.17, 15) is 4.79 Å². The van der Waals surface area contributed by atoms with E-state index < -0.39 is 0 Å². The molecule has 210 valence electrons. The van der Waals surface area contributed by atoms with E-state index >= 15 is 0 Å². The van der Waals surface area contributed by atoms with E-state index in [-0.39, 0.29) is 6.03 Å². The minimum Gasteiger partial charge on any atom is -0.494 e. The molecule has 0 atom stereocenters. The normalized spacial score (nSPS) is 16.9. The summed E-state index contributed by atoms with van der Waals surface area (Å²) in [6, 6.07) is 8.74. The average Bonchev–Trinajstić information content (AvgIpc) is 3.36. The summed E-state index contributed by atoms with van der Waals surface area (Å²) in [5.74, 6) is 1.74. The highest BCUT2D eigenvalue weighted by Crippen LogP contribution is 2.25. The lowest BCUT2D eigenvalue weighted by Gasteiger charge is -2.40. The Bertz CT molecular complexity index is 1230. The predicted octanol–water partition coefficient (Wildman–Crippen LogP) is 2.13. The first-order chi connectivity index (χ1) is 19.0. The van der Waals surface area contributed by atoms with Crippen LogP contribution >= 0.6 is 0 Å². The number of aromatic nitrogens is 4. The van der Waals surface area contributed by atoms with E-state index in [0.717, 1.165) is 80.3 Å². The van der Waals surface area contributed by atoms with Crippen LogP contribution in [-0.4, -0.2) is 120 Å². The number of nitrogens with zero attached hydrogens (tertiary/aromatic N) is 8. The van der Waals surface area contributed by atoms with Gasteiger partial charge in [0, 0.05) is 58.4 Å². The Kier molecular flexibility index (Phi) is 8.77. The van der Waals surface area contributed by atoms with Crippen molar-refractivity contribution >= 4 is 22.9 Å². The monoisotopic (exact) mass is 535 g/mol. The fourth-order valence-electron chi connectivity index (χ4n) is 5.40. The summed E-state index contributed by atoms with van der Waals surface area (Å²) in [5, 5.41) is 9.19. The van der Waals surface area contributed by atoms with Crippen molar-refractivity contribution < 1.29 is 9.53 Å². The van der Waals surface area contributed by atoms with Gasteiger partial charge < -0.3 is 29.7 Å². The van der Waals surface area contributed by atoms with Crippen LogP contribution in [0, 0.1) is 0 Å². The van der Waals surface area contributed by atoms with Crippen molar-refractivity contribution in [3.05, 3.63) is 42.4 Å². The molecule has 0 saturated carbocycles. The number of anilines is 1. The molecule has 2 amide bonds. The maximum absolute atomic E-state index is 13.2. The number of urea groups is 1. The molecule has 2 aliphatic rings. The fourth-order valence-corrected chi connectivity index (χ4v) is 5.40. The zero-order chi connectivity index (χ0) is 27.2. The first-order valence-corrected chi connectivity index (χ1v) is 14.1. The SMILES string of the molecule is CCOc1cccc(Cn2ncc3c(N4CCN(C(=O)N5CCC(NCCN(C)C)CC5)CC4)ncnc32)c1. The van der Waals surface area contributed by atoms with E-state index in [1.165, 1.54) is 0 Å². The van der Waals surface area contributed by atoms with Gasteiger partial charge in [-0.2, -0.15) is 5.10 Å². The lowest BCUT2D eigenvalue weighted by molar-refractivity contribution is 0.134. The number of ether oxygens (including phenoxy) is 1. The summed E-state index contributed by atoms with van der Waals surface area (Å²) < 4.78 is 7.55. The number of carbonyl (C=O) groups excluding carboxylic acids is 1. The second-order valence-electron chi connectivity index (χ2n) is 10.6. The molecule has 2 aliphatic heterocycles. The third kappa shape index (κ3) is 6.59. The molecular formula is C28H41N9O2. The van der Waals surface area contributed by atoms with Crippen molar-refractivity contribution in [3.63, 3.8) is 0 Å². The molecule has 11 heteroatoms. The quantitative estimate of drug-likeness (QED) is 0.445. The van der Waals surface area contributed by atoms with Crippen LogP contribution < -0.4 is 15.0 Å². The first-order valence-electron chi connectivity index (χ1n) is 14.1. The molecule has 3 aromatic rings. The van der Waals surface area contributed by atoms with Gasteiger partial charge in [0.1, 0.15) is 17.9 Å². The molecule has 0 bridgehead atoms. The lowest BCUT2D eigenvalue weighted by atomic mass is 10.1. The molecule has 1 aromatic carbocycles. The number of carbonyl (C=O) groups is 1. The Balaban J connectivity index is 1.16. The molecule has 5 rings (SSSR count). The fraction of sp³-hybridized carbons (Fsp3) is 0.571. The molecule has 2 fully saturated rings. The van der Waals surface area contributed by atoms with Crippen molar-refractivity contribution in [3.8, 4) is 5.75 Å². The number of piperidine rings is 1. The molecule has 0 aliphatic carbocycles. The zero-order valence-electron chi connectivity index (χ0n) is 23.4. The maximum atomic E-state index is 13.2. The van der Waals surface area contributed by atoms with Crippen molar-refractivity contribution in [1.82, 2.24) is 39.8 Å². The van der Waals surface area contributed by atoms with Crippen LogP contribution in [0.1, 0.15) is 25.3 Å². The molecule has 0 unspecified atom stereocenters. The Hall–Kier alpha value is -3.44. The smallest absolute Gasteiger partial charge is 0.320 e. The van der Waals surface area contributed by atoms with Crippen LogP contribution in [0.3, 0.4) is 0 Å². The second kappa shape index (κ2) is 12.6. The Morgan fingerprint density at radius 3 is 2.59 bits per heavy atom. The van der Waals surface area contributed by atoms with E-state index in [0.29, 0.717) is 32.3 Å². The van der Waals surface area contributed by atoms with E-state index in [2.05, 4.69) is 50.3 Å². The molecule has 1 N–H and O–H groups in total. The topological polar surface area (TPSA) is 94.9 Å². The summed E-state index contributed by atoms with van der Waals surface area (Å²) in [5.41, 5.74) is 1.91. The van der Waals surface area contributed by atoms with Crippen molar-refractivity contribution in [1.29, 1.82) is 0 Å². The molecule has 11 nitrogen and oxygen atoms in total. The van der Waals surface area contributed by atoms with E-state index in [1.54, 1.807) is 6.33 Å². The highest BCUT2D eigenvalue weighted by atomic mass is 16.5. The van der Waals surface area contributed by atoms with Crippen LogP contribution in [0.4, 0.5) is 10.6 Å². The molecule has 0 radical (unpaired) electrons. The number of likely N-dealkylation sites (tertiary alicyclic amines) is 1. The summed E-state index contributed by atoms with van der Waals surface area (Å²) in [7, 11) is 4.18. The van der Waals surface area contributed by atoms with Gasteiger partial charge in [-0.05, 0) is 51.6 Å².